The highest BCUT2D eigenvalue weighted by Crippen LogP contribution is 2.18. The molecule has 0 spiro atoms. The molecule has 0 aromatic rings. The van der Waals surface area contributed by atoms with E-state index in [-0.39, 0.29) is 6.10 Å². The lowest BCUT2D eigenvalue weighted by atomic mass is 9.96. The summed E-state index contributed by atoms with van der Waals surface area (Å²) in [6.45, 7) is 13.6. The molecule has 0 saturated carbocycles. The molecule has 0 atom stereocenters. The van der Waals surface area contributed by atoms with Crippen LogP contribution < -0.4 is 0 Å². The van der Waals surface area contributed by atoms with E-state index in [1.54, 1.807) is 0 Å². The molecule has 0 N–H and O–H groups in total. The van der Waals surface area contributed by atoms with Gasteiger partial charge >= 0.3 is 6.16 Å². The van der Waals surface area contributed by atoms with E-state index in [1.807, 2.05) is 48.5 Å². The smallest absolute Gasteiger partial charge is 0.430 e. The average molecular weight is 216 g/mol. The SMILES string of the molecule is CC(C)C(OC(=O)OC(C)(C)C)C(C)C. The fraction of sp³-hybridized carbons (Fsp3) is 0.917. The van der Waals surface area contributed by atoms with E-state index in [0.717, 1.165) is 0 Å². The summed E-state index contributed by atoms with van der Waals surface area (Å²) in [5.74, 6) is 0.607. The summed E-state index contributed by atoms with van der Waals surface area (Å²) < 4.78 is 10.4. The zero-order chi connectivity index (χ0) is 12.2. The molecule has 0 amide bonds. The first-order valence-corrected chi connectivity index (χ1v) is 5.53. The number of rotatable bonds is 3. The largest absolute Gasteiger partial charge is 0.509 e. The summed E-state index contributed by atoms with van der Waals surface area (Å²) >= 11 is 0. The van der Waals surface area contributed by atoms with Crippen LogP contribution >= 0.6 is 0 Å². The van der Waals surface area contributed by atoms with Crippen LogP contribution in [0.2, 0.25) is 0 Å². The summed E-state index contributed by atoms with van der Waals surface area (Å²) in [5.41, 5.74) is -0.490. The molecular weight excluding hydrogens is 192 g/mol. The van der Waals surface area contributed by atoms with Gasteiger partial charge in [0.25, 0.3) is 0 Å². The second-order valence-electron chi connectivity index (χ2n) is 5.53. The Labute approximate surface area is 93.1 Å². The minimum Gasteiger partial charge on any atom is -0.430 e. The molecule has 0 rings (SSSR count). The highest BCUT2D eigenvalue weighted by molar-refractivity contribution is 5.60. The number of carbonyl (C=O) groups is 1. The first-order chi connectivity index (χ1) is 6.63. The Morgan fingerprint density at radius 3 is 1.67 bits per heavy atom. The third kappa shape index (κ3) is 6.37. The molecule has 0 bridgehead atoms. The summed E-state index contributed by atoms with van der Waals surface area (Å²) in [6.07, 6.45) is -0.658. The molecule has 0 aliphatic rings. The lowest BCUT2D eigenvalue weighted by Crippen LogP contribution is -2.32. The number of carbonyl (C=O) groups excluding carboxylic acids is 1. The summed E-state index contributed by atoms with van der Waals surface area (Å²) in [5, 5.41) is 0. The Morgan fingerprint density at radius 1 is 1.00 bits per heavy atom. The van der Waals surface area contributed by atoms with E-state index < -0.39 is 11.8 Å². The van der Waals surface area contributed by atoms with Crippen molar-refractivity contribution in [1.29, 1.82) is 0 Å². The summed E-state index contributed by atoms with van der Waals surface area (Å²) in [7, 11) is 0. The number of hydrogen-bond acceptors (Lipinski definition) is 3. The molecule has 3 nitrogen and oxygen atoms in total. The van der Waals surface area contributed by atoms with Gasteiger partial charge in [0.15, 0.2) is 0 Å². The van der Waals surface area contributed by atoms with Crippen molar-refractivity contribution in [3.63, 3.8) is 0 Å². The van der Waals surface area contributed by atoms with Crippen molar-refractivity contribution < 1.29 is 14.3 Å². The zero-order valence-electron chi connectivity index (χ0n) is 11.0. The molecule has 15 heavy (non-hydrogen) atoms. The number of ether oxygens (including phenoxy) is 2. The molecule has 0 radical (unpaired) electrons. The first-order valence-electron chi connectivity index (χ1n) is 5.53. The van der Waals surface area contributed by atoms with Crippen LogP contribution in [-0.2, 0) is 9.47 Å². The lowest BCUT2D eigenvalue weighted by Gasteiger charge is -2.27. The van der Waals surface area contributed by atoms with Gasteiger partial charge in [-0.05, 0) is 32.6 Å². The molecule has 90 valence electrons. The van der Waals surface area contributed by atoms with Crippen LogP contribution in [0.4, 0.5) is 4.79 Å². The Balaban J connectivity index is 4.25. The maximum Gasteiger partial charge on any atom is 0.509 e. The topological polar surface area (TPSA) is 35.5 Å². The monoisotopic (exact) mass is 216 g/mol. The third-order valence-corrected chi connectivity index (χ3v) is 1.94. The average Bonchev–Trinajstić information content (AvgIpc) is 1.95. The van der Waals surface area contributed by atoms with Gasteiger partial charge in [0.1, 0.15) is 11.7 Å². The van der Waals surface area contributed by atoms with Crippen molar-refractivity contribution in [1.82, 2.24) is 0 Å². The van der Waals surface area contributed by atoms with Crippen LogP contribution in [0.1, 0.15) is 48.5 Å². The molecular formula is C12H24O3. The van der Waals surface area contributed by atoms with Crippen LogP contribution in [0, 0.1) is 11.8 Å². The maximum absolute atomic E-state index is 11.4. The van der Waals surface area contributed by atoms with Crippen LogP contribution in [0.15, 0.2) is 0 Å². The first kappa shape index (κ1) is 14.3. The minimum absolute atomic E-state index is 0.0835. The second-order valence-corrected chi connectivity index (χ2v) is 5.53. The van der Waals surface area contributed by atoms with Gasteiger partial charge in [-0.2, -0.15) is 0 Å². The molecule has 0 heterocycles. The Kier molecular flexibility index (Phi) is 5.12. The van der Waals surface area contributed by atoms with E-state index in [1.165, 1.54) is 0 Å². The molecule has 0 aromatic heterocycles. The molecule has 0 aliphatic heterocycles. The molecule has 0 saturated heterocycles. The predicted octanol–water partition coefficient (Wildman–Crippen LogP) is 3.62. The van der Waals surface area contributed by atoms with Crippen molar-refractivity contribution in [2.24, 2.45) is 11.8 Å². The Bertz CT molecular complexity index is 193. The Morgan fingerprint density at radius 2 is 1.40 bits per heavy atom. The van der Waals surface area contributed by atoms with E-state index in [9.17, 15) is 4.79 Å². The van der Waals surface area contributed by atoms with Crippen molar-refractivity contribution in [3.8, 4) is 0 Å². The van der Waals surface area contributed by atoms with E-state index >= 15 is 0 Å². The van der Waals surface area contributed by atoms with Gasteiger partial charge in [-0.25, -0.2) is 4.79 Å². The predicted molar refractivity (Wildman–Crippen MR) is 60.8 cm³/mol. The zero-order valence-corrected chi connectivity index (χ0v) is 11.0. The van der Waals surface area contributed by atoms with Gasteiger partial charge in [-0.15, -0.1) is 0 Å². The van der Waals surface area contributed by atoms with Crippen molar-refractivity contribution in [3.05, 3.63) is 0 Å². The van der Waals surface area contributed by atoms with E-state index in [2.05, 4.69) is 0 Å². The highest BCUT2D eigenvalue weighted by Gasteiger charge is 2.25. The minimum atomic E-state index is -0.574. The van der Waals surface area contributed by atoms with Crippen LogP contribution in [0.5, 0.6) is 0 Å². The molecule has 3 heteroatoms. The van der Waals surface area contributed by atoms with Crippen LogP contribution in [0.25, 0.3) is 0 Å². The standard InChI is InChI=1S/C12H24O3/c1-8(2)10(9(3)4)14-11(13)15-12(5,6)7/h8-10H,1-7H3. The van der Waals surface area contributed by atoms with E-state index in [4.69, 9.17) is 9.47 Å². The fourth-order valence-electron chi connectivity index (χ4n) is 1.43. The van der Waals surface area contributed by atoms with Gasteiger partial charge in [0.05, 0.1) is 0 Å². The second kappa shape index (κ2) is 5.38. The molecule has 0 aromatic carbocycles. The van der Waals surface area contributed by atoms with Gasteiger partial charge < -0.3 is 9.47 Å². The van der Waals surface area contributed by atoms with Gasteiger partial charge in [0, 0.05) is 0 Å². The Hall–Kier alpha value is -0.730. The highest BCUT2D eigenvalue weighted by atomic mass is 16.7. The van der Waals surface area contributed by atoms with Crippen LogP contribution in [-0.4, -0.2) is 17.9 Å². The van der Waals surface area contributed by atoms with E-state index in [0.29, 0.717) is 11.8 Å². The van der Waals surface area contributed by atoms with Crippen molar-refractivity contribution in [2.45, 2.75) is 60.2 Å². The van der Waals surface area contributed by atoms with Gasteiger partial charge in [-0.3, -0.25) is 0 Å². The summed E-state index contributed by atoms with van der Waals surface area (Å²) in [6, 6.07) is 0. The lowest BCUT2D eigenvalue weighted by molar-refractivity contribution is -0.0476. The number of hydrogen-bond donors (Lipinski definition) is 0. The maximum atomic E-state index is 11.4. The fourth-order valence-corrected chi connectivity index (χ4v) is 1.43. The van der Waals surface area contributed by atoms with Crippen molar-refractivity contribution >= 4 is 6.16 Å². The van der Waals surface area contributed by atoms with Crippen LogP contribution in [0.3, 0.4) is 0 Å². The molecule has 0 unspecified atom stereocenters. The third-order valence-electron chi connectivity index (χ3n) is 1.94. The normalized spacial score (nSPS) is 12.4. The van der Waals surface area contributed by atoms with Crippen molar-refractivity contribution in [2.75, 3.05) is 0 Å². The quantitative estimate of drug-likeness (QED) is 0.676. The summed E-state index contributed by atoms with van der Waals surface area (Å²) in [4.78, 5) is 11.4. The molecule has 0 fully saturated rings. The van der Waals surface area contributed by atoms with Gasteiger partial charge in [-0.1, -0.05) is 27.7 Å². The molecule has 0 aliphatic carbocycles. The van der Waals surface area contributed by atoms with Gasteiger partial charge in [0.2, 0.25) is 0 Å².